The first-order valence-corrected chi connectivity index (χ1v) is 11.5. The number of carbonyl (C=O) groups is 2. The van der Waals surface area contributed by atoms with Gasteiger partial charge < -0.3 is 15.0 Å². The highest BCUT2D eigenvalue weighted by atomic mass is 79.9. The Balaban J connectivity index is 1.48. The van der Waals surface area contributed by atoms with Crippen LogP contribution in [0.4, 0.5) is 5.69 Å². The normalized spacial score (nSPS) is 15.8. The number of rotatable bonds is 7. The Bertz CT molecular complexity index is 888. The van der Waals surface area contributed by atoms with Crippen LogP contribution in [-0.4, -0.2) is 60.9 Å². The molecule has 1 aliphatic heterocycles. The molecule has 1 unspecified atom stereocenters. The van der Waals surface area contributed by atoms with Gasteiger partial charge in [0.25, 0.3) is 0 Å². The minimum absolute atomic E-state index is 0.0302. The largest absolute Gasteiger partial charge is 0.497 e. The third kappa shape index (κ3) is 6.80. The van der Waals surface area contributed by atoms with Crippen LogP contribution in [0.5, 0.6) is 5.75 Å². The van der Waals surface area contributed by atoms with E-state index in [1.165, 1.54) is 0 Å². The zero-order valence-corrected chi connectivity index (χ0v) is 19.7. The topological polar surface area (TPSA) is 61.9 Å². The van der Waals surface area contributed by atoms with Crippen molar-refractivity contribution in [3.63, 3.8) is 0 Å². The van der Waals surface area contributed by atoms with Crippen molar-refractivity contribution < 1.29 is 14.3 Å². The van der Waals surface area contributed by atoms with E-state index < -0.39 is 0 Å². The van der Waals surface area contributed by atoms with Crippen LogP contribution in [0.15, 0.2) is 53.0 Å². The van der Waals surface area contributed by atoms with E-state index in [0.29, 0.717) is 25.9 Å². The third-order valence-corrected chi connectivity index (χ3v) is 6.18. The van der Waals surface area contributed by atoms with Crippen molar-refractivity contribution in [1.82, 2.24) is 9.80 Å². The molecule has 2 aromatic carbocycles. The molecule has 0 bridgehead atoms. The van der Waals surface area contributed by atoms with E-state index >= 15 is 0 Å². The first kappa shape index (κ1) is 23.3. The Hall–Kier alpha value is -2.38. The van der Waals surface area contributed by atoms with Gasteiger partial charge in [-0.15, -0.1) is 0 Å². The lowest BCUT2D eigenvalue weighted by Crippen LogP contribution is -2.44. The number of nitrogens with one attached hydrogen (secondary N) is 1. The molecule has 1 N–H and O–H groups in total. The molecule has 2 amide bonds. The molecule has 1 fully saturated rings. The number of methoxy groups -OCH3 is 1. The number of halogens is 1. The first-order valence-electron chi connectivity index (χ1n) is 10.7. The maximum Gasteiger partial charge on any atom is 0.241 e. The highest BCUT2D eigenvalue weighted by Gasteiger charge is 2.25. The number of aryl methyl sites for hydroxylation is 1. The maximum absolute atomic E-state index is 12.7. The van der Waals surface area contributed by atoms with Crippen molar-refractivity contribution in [2.75, 3.05) is 38.6 Å². The van der Waals surface area contributed by atoms with Gasteiger partial charge in [-0.3, -0.25) is 14.5 Å². The number of benzene rings is 2. The van der Waals surface area contributed by atoms with Crippen LogP contribution in [-0.2, 0) is 16.0 Å². The van der Waals surface area contributed by atoms with E-state index in [4.69, 9.17) is 4.74 Å². The lowest BCUT2D eigenvalue weighted by Gasteiger charge is -2.27. The third-order valence-electron chi connectivity index (χ3n) is 5.69. The van der Waals surface area contributed by atoms with Gasteiger partial charge >= 0.3 is 0 Å². The van der Waals surface area contributed by atoms with Gasteiger partial charge in [-0.1, -0.05) is 34.1 Å². The van der Waals surface area contributed by atoms with Crippen LogP contribution in [0.1, 0.15) is 25.3 Å². The Morgan fingerprint density at radius 3 is 2.58 bits per heavy atom. The number of hydrogen-bond donors (Lipinski definition) is 1. The molecular weight excluding hydrogens is 458 g/mol. The van der Waals surface area contributed by atoms with Gasteiger partial charge in [0.1, 0.15) is 5.75 Å². The summed E-state index contributed by atoms with van der Waals surface area (Å²) in [5, 5.41) is 2.98. The molecule has 0 spiro atoms. The molecule has 1 atom stereocenters. The van der Waals surface area contributed by atoms with Crippen molar-refractivity contribution in [3.8, 4) is 5.75 Å². The molecule has 3 rings (SSSR count). The van der Waals surface area contributed by atoms with Gasteiger partial charge in [-0.2, -0.15) is 0 Å². The molecule has 6 nitrogen and oxygen atoms in total. The number of nitrogens with zero attached hydrogens (tertiary/aromatic N) is 2. The van der Waals surface area contributed by atoms with Crippen molar-refractivity contribution in [2.45, 2.75) is 32.2 Å². The Morgan fingerprint density at radius 1 is 1.10 bits per heavy atom. The van der Waals surface area contributed by atoms with Crippen LogP contribution in [0, 0.1) is 0 Å². The Kier molecular flexibility index (Phi) is 8.49. The quantitative estimate of drug-likeness (QED) is 0.641. The summed E-state index contributed by atoms with van der Waals surface area (Å²) in [5.41, 5.74) is 1.90. The Labute approximate surface area is 192 Å². The summed E-state index contributed by atoms with van der Waals surface area (Å²) in [5.74, 6) is 0.960. The highest BCUT2D eigenvalue weighted by molar-refractivity contribution is 9.10. The fourth-order valence-corrected chi connectivity index (χ4v) is 4.15. The molecule has 0 aliphatic carbocycles. The SMILES string of the molecule is COc1ccc(CCC(=O)N2CCCN(C(C)C(=O)Nc3cccc(Br)c3)CC2)cc1. The van der Waals surface area contributed by atoms with Crippen molar-refractivity contribution in [3.05, 3.63) is 58.6 Å². The summed E-state index contributed by atoms with van der Waals surface area (Å²) >= 11 is 3.43. The van der Waals surface area contributed by atoms with Crippen LogP contribution >= 0.6 is 15.9 Å². The van der Waals surface area contributed by atoms with E-state index in [2.05, 4.69) is 26.1 Å². The smallest absolute Gasteiger partial charge is 0.241 e. The van der Waals surface area contributed by atoms with Gasteiger partial charge in [-0.05, 0) is 55.7 Å². The summed E-state index contributed by atoms with van der Waals surface area (Å²) in [6.07, 6.45) is 2.07. The molecule has 1 saturated heterocycles. The molecule has 1 aliphatic rings. The monoisotopic (exact) mass is 487 g/mol. The summed E-state index contributed by atoms with van der Waals surface area (Å²) in [6, 6.07) is 15.2. The van der Waals surface area contributed by atoms with Crippen molar-refractivity contribution in [2.24, 2.45) is 0 Å². The van der Waals surface area contributed by atoms with Crippen LogP contribution in [0.2, 0.25) is 0 Å². The second kappa shape index (κ2) is 11.3. The Morgan fingerprint density at radius 2 is 1.87 bits per heavy atom. The first-order chi connectivity index (χ1) is 15.0. The summed E-state index contributed by atoms with van der Waals surface area (Å²) in [4.78, 5) is 29.5. The van der Waals surface area contributed by atoms with Crippen LogP contribution in [0.25, 0.3) is 0 Å². The predicted molar refractivity (Wildman–Crippen MR) is 126 cm³/mol. The predicted octanol–water partition coefficient (Wildman–Crippen LogP) is 3.95. The molecule has 31 heavy (non-hydrogen) atoms. The van der Waals surface area contributed by atoms with E-state index in [1.807, 2.05) is 60.4 Å². The van der Waals surface area contributed by atoms with Gasteiger partial charge in [0.2, 0.25) is 11.8 Å². The van der Waals surface area contributed by atoms with E-state index in [9.17, 15) is 9.59 Å². The van der Waals surface area contributed by atoms with Crippen LogP contribution < -0.4 is 10.1 Å². The van der Waals surface area contributed by atoms with Gasteiger partial charge in [0.15, 0.2) is 0 Å². The van der Waals surface area contributed by atoms with Crippen molar-refractivity contribution >= 4 is 33.4 Å². The number of amides is 2. The average Bonchev–Trinajstić information content (AvgIpc) is 3.03. The lowest BCUT2D eigenvalue weighted by atomic mass is 10.1. The molecule has 0 saturated carbocycles. The maximum atomic E-state index is 12.7. The zero-order chi connectivity index (χ0) is 22.2. The number of anilines is 1. The second-order valence-corrected chi connectivity index (χ2v) is 8.71. The summed E-state index contributed by atoms with van der Waals surface area (Å²) in [6.45, 7) is 4.80. The van der Waals surface area contributed by atoms with E-state index in [-0.39, 0.29) is 17.9 Å². The molecule has 166 valence electrons. The summed E-state index contributed by atoms with van der Waals surface area (Å²) in [7, 11) is 1.65. The van der Waals surface area contributed by atoms with Gasteiger partial charge in [0, 0.05) is 42.8 Å². The molecule has 0 radical (unpaired) electrons. The molecule has 2 aromatic rings. The summed E-state index contributed by atoms with van der Waals surface area (Å²) < 4.78 is 6.11. The van der Waals surface area contributed by atoms with Gasteiger partial charge in [-0.25, -0.2) is 0 Å². The van der Waals surface area contributed by atoms with E-state index in [1.54, 1.807) is 7.11 Å². The fraction of sp³-hybridized carbons (Fsp3) is 0.417. The lowest BCUT2D eigenvalue weighted by molar-refractivity contribution is -0.131. The van der Waals surface area contributed by atoms with Crippen LogP contribution in [0.3, 0.4) is 0 Å². The molecular formula is C24H30BrN3O3. The fourth-order valence-electron chi connectivity index (χ4n) is 3.75. The minimum atomic E-state index is -0.256. The minimum Gasteiger partial charge on any atom is -0.497 e. The molecule has 0 aromatic heterocycles. The molecule has 7 heteroatoms. The zero-order valence-electron chi connectivity index (χ0n) is 18.1. The second-order valence-electron chi connectivity index (χ2n) is 7.79. The number of hydrogen-bond acceptors (Lipinski definition) is 4. The standard InChI is InChI=1S/C24H30BrN3O3/c1-18(24(30)26-21-6-3-5-20(25)17-21)27-13-4-14-28(16-15-27)23(29)12-9-19-7-10-22(31-2)11-8-19/h3,5-8,10-11,17-18H,4,9,12-16H2,1-2H3,(H,26,30). The number of carbonyl (C=O) groups excluding carboxylic acids is 2. The van der Waals surface area contributed by atoms with E-state index in [0.717, 1.165) is 41.0 Å². The average molecular weight is 488 g/mol. The highest BCUT2D eigenvalue weighted by Crippen LogP contribution is 2.17. The van der Waals surface area contributed by atoms with Crippen molar-refractivity contribution in [1.29, 1.82) is 0 Å². The molecule has 1 heterocycles. The van der Waals surface area contributed by atoms with Gasteiger partial charge in [0.05, 0.1) is 13.2 Å². The number of ether oxygens (including phenoxy) is 1.